The third-order valence-electron chi connectivity index (χ3n) is 7.17. The number of anilines is 1. The second-order valence-electron chi connectivity index (χ2n) is 9.19. The van der Waals surface area contributed by atoms with E-state index in [1.165, 1.54) is 9.87 Å². The van der Waals surface area contributed by atoms with E-state index in [4.69, 9.17) is 10.00 Å². The topological polar surface area (TPSA) is 126 Å². The summed E-state index contributed by atoms with van der Waals surface area (Å²) in [6, 6.07) is 10.5. The summed E-state index contributed by atoms with van der Waals surface area (Å²) >= 11 is 0. The largest absolute Gasteiger partial charge is 0.383 e. The van der Waals surface area contributed by atoms with Crippen molar-refractivity contribution in [1.82, 2.24) is 14.7 Å². The van der Waals surface area contributed by atoms with Gasteiger partial charge in [0.25, 0.3) is 5.91 Å². The van der Waals surface area contributed by atoms with E-state index in [0.717, 1.165) is 24.9 Å². The van der Waals surface area contributed by atoms with E-state index in [-0.39, 0.29) is 25.9 Å². The van der Waals surface area contributed by atoms with Gasteiger partial charge >= 0.3 is 0 Å². The third kappa shape index (κ3) is 6.32. The van der Waals surface area contributed by atoms with Crippen molar-refractivity contribution in [3.05, 3.63) is 29.8 Å². The number of rotatable bonds is 11. The summed E-state index contributed by atoms with van der Waals surface area (Å²) in [6.45, 7) is 3.71. The number of nitrogens with zero attached hydrogens (tertiary/aromatic N) is 4. The van der Waals surface area contributed by atoms with Crippen LogP contribution in [0.1, 0.15) is 37.7 Å². The van der Waals surface area contributed by atoms with Crippen molar-refractivity contribution >= 4 is 21.6 Å². The Morgan fingerprint density at radius 1 is 1.11 bits per heavy atom. The molecule has 2 heterocycles. The molecule has 1 amide bonds. The van der Waals surface area contributed by atoms with Crippen molar-refractivity contribution < 1.29 is 23.2 Å². The van der Waals surface area contributed by atoms with Crippen molar-refractivity contribution in [3.8, 4) is 6.07 Å². The van der Waals surface area contributed by atoms with Crippen LogP contribution in [0.5, 0.6) is 0 Å². The molecule has 1 aromatic carbocycles. The van der Waals surface area contributed by atoms with Crippen molar-refractivity contribution in [2.45, 2.75) is 43.3 Å². The van der Waals surface area contributed by atoms with Crippen LogP contribution < -0.4 is 10.4 Å². The molecule has 0 bridgehead atoms. The highest BCUT2D eigenvalue weighted by Gasteiger charge is 2.55. The number of aryl methyl sites for hydroxylation is 1. The van der Waals surface area contributed by atoms with Gasteiger partial charge < -0.3 is 14.5 Å². The molecule has 0 atom stereocenters. The average molecular weight is 508 g/mol. The first kappa shape index (κ1) is 27.4. The number of carbonyl (C=O) groups is 1. The number of piperazine rings is 1. The van der Waals surface area contributed by atoms with Crippen LogP contribution in [0.2, 0.25) is 0 Å². The molecule has 2 saturated heterocycles. The van der Waals surface area contributed by atoms with Gasteiger partial charge in [-0.1, -0.05) is 12.1 Å². The zero-order chi connectivity index (χ0) is 25.3. The number of nitrogens with one attached hydrogen (secondary N) is 1. The van der Waals surface area contributed by atoms with E-state index in [0.29, 0.717) is 45.8 Å². The maximum atomic E-state index is 13.7. The molecule has 11 heteroatoms. The molecule has 0 aliphatic carbocycles. The van der Waals surface area contributed by atoms with Gasteiger partial charge in [-0.05, 0) is 49.8 Å². The average Bonchev–Trinajstić information content (AvgIpc) is 2.90. The van der Waals surface area contributed by atoms with Crippen molar-refractivity contribution in [2.24, 2.45) is 0 Å². The van der Waals surface area contributed by atoms with E-state index in [2.05, 4.69) is 40.1 Å². The fourth-order valence-corrected chi connectivity index (χ4v) is 7.02. The number of nitriles is 1. The summed E-state index contributed by atoms with van der Waals surface area (Å²) in [6.07, 6.45) is 3.65. The Bertz CT molecular complexity index is 963. The van der Waals surface area contributed by atoms with Crippen LogP contribution in [0.4, 0.5) is 5.69 Å². The number of piperidine rings is 1. The number of hydroxylamine groups is 1. The van der Waals surface area contributed by atoms with Gasteiger partial charge in [0.05, 0.1) is 12.7 Å². The number of methoxy groups -OCH3 is 1. The normalized spacial score (nSPS) is 19.3. The van der Waals surface area contributed by atoms with Gasteiger partial charge in [0.2, 0.25) is 10.0 Å². The van der Waals surface area contributed by atoms with Gasteiger partial charge in [0.1, 0.15) is 0 Å². The SMILES string of the molecule is COCCN1CCC(C(=O)NO)(S(=O)(=O)N2CCN(c3ccc(CCCCC#N)cc3)CC2)CC1. The van der Waals surface area contributed by atoms with Crippen LogP contribution in [0.25, 0.3) is 0 Å². The number of ether oxygens (including phenoxy) is 1. The van der Waals surface area contributed by atoms with Crippen molar-refractivity contribution in [2.75, 3.05) is 64.4 Å². The summed E-state index contributed by atoms with van der Waals surface area (Å²) in [5.74, 6) is -0.850. The second kappa shape index (κ2) is 12.6. The molecular weight excluding hydrogens is 470 g/mol. The minimum Gasteiger partial charge on any atom is -0.383 e. The van der Waals surface area contributed by atoms with Gasteiger partial charge in [-0.25, -0.2) is 13.9 Å². The summed E-state index contributed by atoms with van der Waals surface area (Å²) in [4.78, 5) is 16.9. The molecule has 3 rings (SSSR count). The number of hydrogen-bond donors (Lipinski definition) is 2. The Kier molecular flexibility index (Phi) is 9.89. The van der Waals surface area contributed by atoms with E-state index < -0.39 is 20.7 Å². The molecule has 0 aromatic heterocycles. The van der Waals surface area contributed by atoms with E-state index >= 15 is 0 Å². The number of unbranched alkanes of at least 4 members (excludes halogenated alkanes) is 2. The molecule has 0 radical (unpaired) electrons. The Morgan fingerprint density at radius 3 is 2.34 bits per heavy atom. The van der Waals surface area contributed by atoms with Crippen LogP contribution in [0, 0.1) is 11.3 Å². The fourth-order valence-electron chi connectivity index (χ4n) is 4.90. The highest BCUT2D eigenvalue weighted by Crippen LogP contribution is 2.34. The Hall–Kier alpha value is -2.23. The molecular formula is C24H37N5O5S. The lowest BCUT2D eigenvalue weighted by Gasteiger charge is -2.44. The maximum Gasteiger partial charge on any atom is 0.266 e. The number of benzene rings is 1. The van der Waals surface area contributed by atoms with Gasteiger partial charge in [-0.2, -0.15) is 9.57 Å². The number of likely N-dealkylation sites (tertiary alicyclic amines) is 1. The lowest BCUT2D eigenvalue weighted by Crippen LogP contribution is -2.63. The number of hydrogen-bond acceptors (Lipinski definition) is 8. The maximum absolute atomic E-state index is 13.7. The monoisotopic (exact) mass is 507 g/mol. The standard InChI is InChI=1S/C24H37N5O5S/c1-34-20-19-27-13-10-24(11-14-27,23(30)26-31)35(32,33)29-17-15-28(16-18-29)22-8-6-21(7-9-22)5-3-2-4-12-25/h6-9,31H,2-5,10-11,13-20H2,1H3,(H,26,30). The predicted molar refractivity (Wildman–Crippen MR) is 133 cm³/mol. The van der Waals surface area contributed by atoms with E-state index in [1.807, 2.05) is 0 Å². The first-order valence-electron chi connectivity index (χ1n) is 12.2. The van der Waals surface area contributed by atoms with Crippen LogP contribution in [-0.2, 0) is 26.0 Å². The Labute approximate surface area is 208 Å². The molecule has 2 N–H and O–H groups in total. The first-order chi connectivity index (χ1) is 16.9. The summed E-state index contributed by atoms with van der Waals surface area (Å²) < 4.78 is 32.2. The smallest absolute Gasteiger partial charge is 0.266 e. The number of amides is 1. The molecule has 0 saturated carbocycles. The summed E-state index contributed by atoms with van der Waals surface area (Å²) in [5, 5.41) is 18.0. The quantitative estimate of drug-likeness (QED) is 0.261. The van der Waals surface area contributed by atoms with E-state index in [9.17, 15) is 18.4 Å². The lowest BCUT2D eigenvalue weighted by molar-refractivity contribution is -0.133. The van der Waals surface area contributed by atoms with E-state index in [1.54, 1.807) is 12.6 Å². The zero-order valence-electron chi connectivity index (χ0n) is 20.5. The highest BCUT2D eigenvalue weighted by atomic mass is 32.2. The zero-order valence-corrected chi connectivity index (χ0v) is 21.3. The minimum atomic E-state index is -3.98. The Balaban J connectivity index is 1.61. The van der Waals surface area contributed by atoms with Crippen LogP contribution in [0.3, 0.4) is 0 Å². The minimum absolute atomic E-state index is 0.126. The molecule has 10 nitrogen and oxygen atoms in total. The number of sulfonamides is 1. The van der Waals surface area contributed by atoms with Crippen LogP contribution in [-0.4, -0.2) is 93.0 Å². The molecule has 194 valence electrons. The predicted octanol–water partition coefficient (Wildman–Crippen LogP) is 1.36. The van der Waals surface area contributed by atoms with Gasteiger partial charge in [-0.3, -0.25) is 10.0 Å². The van der Waals surface area contributed by atoms with Crippen LogP contribution >= 0.6 is 0 Å². The lowest BCUT2D eigenvalue weighted by atomic mass is 9.95. The number of carbonyl (C=O) groups excluding carboxylic acids is 1. The van der Waals surface area contributed by atoms with Gasteiger partial charge in [0.15, 0.2) is 4.75 Å². The summed E-state index contributed by atoms with van der Waals surface area (Å²) in [7, 11) is -2.36. The van der Waals surface area contributed by atoms with Crippen molar-refractivity contribution in [1.29, 1.82) is 5.26 Å². The Morgan fingerprint density at radius 2 is 1.77 bits per heavy atom. The second-order valence-corrected chi connectivity index (χ2v) is 11.4. The third-order valence-corrected chi connectivity index (χ3v) is 9.79. The fraction of sp³-hybridized carbons (Fsp3) is 0.667. The molecule has 0 unspecified atom stereocenters. The molecule has 1 aromatic rings. The van der Waals surface area contributed by atoms with Crippen LogP contribution in [0.15, 0.2) is 24.3 Å². The molecule has 0 spiro atoms. The highest BCUT2D eigenvalue weighted by molar-refractivity contribution is 7.91. The molecule has 2 fully saturated rings. The molecule has 2 aliphatic heterocycles. The first-order valence-corrected chi connectivity index (χ1v) is 13.7. The van der Waals surface area contributed by atoms with Gasteiger partial charge in [-0.15, -0.1) is 0 Å². The van der Waals surface area contributed by atoms with Gasteiger partial charge in [0, 0.05) is 65.0 Å². The molecule has 35 heavy (non-hydrogen) atoms. The summed E-state index contributed by atoms with van der Waals surface area (Å²) in [5.41, 5.74) is 3.89. The van der Waals surface area contributed by atoms with Crippen molar-refractivity contribution in [3.63, 3.8) is 0 Å². The molecule has 2 aliphatic rings.